The summed E-state index contributed by atoms with van der Waals surface area (Å²) in [5, 5.41) is 3.70. The molecule has 1 rings (SSSR count). The molecule has 0 bridgehead atoms. The van der Waals surface area contributed by atoms with Gasteiger partial charge in [-0.05, 0) is 18.6 Å². The Morgan fingerprint density at radius 1 is 1.53 bits per heavy atom. The van der Waals surface area contributed by atoms with Crippen molar-refractivity contribution in [3.05, 3.63) is 29.8 Å². The van der Waals surface area contributed by atoms with Crippen LogP contribution in [-0.2, 0) is 0 Å². The Balaban J connectivity index is 2.63. The molecule has 2 amide bonds. The van der Waals surface area contributed by atoms with Gasteiger partial charge in [0.25, 0.3) is 0 Å². The molecule has 0 radical (unpaired) electrons. The van der Waals surface area contributed by atoms with Gasteiger partial charge in [-0.15, -0.1) is 0 Å². The fourth-order valence-corrected chi connectivity index (χ4v) is 1.21. The highest BCUT2D eigenvalue weighted by Gasteiger charge is 1.99. The normalized spacial score (nSPS) is 10.4. The summed E-state index contributed by atoms with van der Waals surface area (Å²) in [7, 11) is 0. The number of unbranched alkanes of at least 4 members (excludes halogenated alkanes) is 1. The fourth-order valence-electron chi connectivity index (χ4n) is 1.21. The van der Waals surface area contributed by atoms with Crippen molar-refractivity contribution in [2.45, 2.75) is 19.8 Å². The summed E-state index contributed by atoms with van der Waals surface area (Å²) < 4.78 is 5.60. The van der Waals surface area contributed by atoms with Crippen LogP contribution in [0, 0.1) is 0 Å². The number of para-hydroxylation sites is 1. The van der Waals surface area contributed by atoms with Crippen molar-refractivity contribution in [1.82, 2.24) is 5.43 Å². The number of benzene rings is 1. The van der Waals surface area contributed by atoms with E-state index in [0.717, 1.165) is 24.2 Å². The summed E-state index contributed by atoms with van der Waals surface area (Å²) in [6, 6.07) is 6.79. The van der Waals surface area contributed by atoms with Crippen molar-refractivity contribution in [2.75, 3.05) is 6.61 Å². The molecule has 5 nitrogen and oxygen atoms in total. The predicted molar refractivity (Wildman–Crippen MR) is 67.2 cm³/mol. The molecule has 0 fully saturated rings. The van der Waals surface area contributed by atoms with Crippen LogP contribution in [0.15, 0.2) is 29.4 Å². The summed E-state index contributed by atoms with van der Waals surface area (Å²) in [6.07, 6.45) is 3.59. The number of hydrogen-bond acceptors (Lipinski definition) is 3. The van der Waals surface area contributed by atoms with Crippen molar-refractivity contribution in [1.29, 1.82) is 0 Å². The summed E-state index contributed by atoms with van der Waals surface area (Å²) in [4.78, 5) is 10.5. The van der Waals surface area contributed by atoms with E-state index in [-0.39, 0.29) is 0 Å². The number of nitrogens with zero attached hydrogens (tertiary/aromatic N) is 1. The summed E-state index contributed by atoms with van der Waals surface area (Å²) >= 11 is 0. The van der Waals surface area contributed by atoms with Crippen LogP contribution in [0.5, 0.6) is 5.75 Å². The molecule has 0 heterocycles. The molecular weight excluding hydrogens is 218 g/mol. The maximum absolute atomic E-state index is 10.5. The summed E-state index contributed by atoms with van der Waals surface area (Å²) in [6.45, 7) is 2.78. The molecule has 0 saturated heterocycles. The average molecular weight is 235 g/mol. The number of rotatable bonds is 6. The zero-order valence-electron chi connectivity index (χ0n) is 9.85. The fraction of sp³-hybridized carbons (Fsp3) is 0.333. The minimum Gasteiger partial charge on any atom is -0.493 e. The molecule has 0 aliphatic heterocycles. The van der Waals surface area contributed by atoms with Gasteiger partial charge in [0.2, 0.25) is 0 Å². The number of hydrogen-bond donors (Lipinski definition) is 2. The molecule has 0 saturated carbocycles. The van der Waals surface area contributed by atoms with Gasteiger partial charge in [-0.2, -0.15) is 5.10 Å². The zero-order chi connectivity index (χ0) is 12.5. The lowest BCUT2D eigenvalue weighted by Gasteiger charge is -2.07. The van der Waals surface area contributed by atoms with Crippen molar-refractivity contribution < 1.29 is 9.53 Å². The number of nitrogens with one attached hydrogen (secondary N) is 1. The predicted octanol–water partition coefficient (Wildman–Crippen LogP) is 1.87. The molecule has 17 heavy (non-hydrogen) atoms. The minimum absolute atomic E-state index is 0.671. The lowest BCUT2D eigenvalue weighted by Crippen LogP contribution is -2.24. The SMILES string of the molecule is CCCCOc1ccccc1/C=N/NC(N)=O. The first kappa shape index (κ1) is 13.0. The number of hydrazone groups is 1. The number of carbonyl (C=O) groups excluding carboxylic acids is 1. The smallest absolute Gasteiger partial charge is 0.332 e. The Kier molecular flexibility index (Phi) is 5.57. The monoisotopic (exact) mass is 235 g/mol. The van der Waals surface area contributed by atoms with Gasteiger partial charge in [0.1, 0.15) is 5.75 Å². The maximum atomic E-state index is 10.5. The number of amides is 2. The highest BCUT2D eigenvalue weighted by atomic mass is 16.5. The lowest BCUT2D eigenvalue weighted by molar-refractivity contribution is 0.249. The van der Waals surface area contributed by atoms with E-state index in [1.54, 1.807) is 0 Å². The molecule has 1 aromatic rings. The second-order valence-electron chi connectivity index (χ2n) is 3.47. The van der Waals surface area contributed by atoms with Gasteiger partial charge in [-0.1, -0.05) is 25.5 Å². The van der Waals surface area contributed by atoms with Crippen molar-refractivity contribution in [3.63, 3.8) is 0 Å². The Morgan fingerprint density at radius 2 is 2.29 bits per heavy atom. The molecule has 0 aromatic heterocycles. The quantitative estimate of drug-likeness (QED) is 0.448. The average Bonchev–Trinajstić information content (AvgIpc) is 2.31. The molecule has 1 aromatic carbocycles. The second-order valence-corrected chi connectivity index (χ2v) is 3.47. The van der Waals surface area contributed by atoms with Crippen molar-refractivity contribution in [3.8, 4) is 5.75 Å². The van der Waals surface area contributed by atoms with Gasteiger partial charge in [0.05, 0.1) is 12.8 Å². The van der Waals surface area contributed by atoms with E-state index in [0.29, 0.717) is 6.61 Å². The van der Waals surface area contributed by atoms with Crippen LogP contribution >= 0.6 is 0 Å². The number of urea groups is 1. The summed E-state index contributed by atoms with van der Waals surface area (Å²) in [5.74, 6) is 0.746. The Bertz CT molecular complexity index is 391. The number of carbonyl (C=O) groups is 1. The van der Waals surface area contributed by atoms with Crippen LogP contribution in [0.1, 0.15) is 25.3 Å². The van der Waals surface area contributed by atoms with Crippen LogP contribution in [0.3, 0.4) is 0 Å². The summed E-state index contributed by atoms with van der Waals surface area (Å²) in [5.41, 5.74) is 7.84. The number of nitrogens with two attached hydrogens (primary N) is 1. The standard InChI is InChI=1S/C12H17N3O2/c1-2-3-8-17-11-7-5-4-6-10(11)9-14-15-12(13)16/h4-7,9H,2-3,8H2,1H3,(H3,13,15,16)/b14-9+. The van der Waals surface area contributed by atoms with E-state index in [1.165, 1.54) is 6.21 Å². The van der Waals surface area contributed by atoms with Gasteiger partial charge in [-0.25, -0.2) is 10.2 Å². The van der Waals surface area contributed by atoms with E-state index in [4.69, 9.17) is 10.5 Å². The minimum atomic E-state index is -0.689. The Morgan fingerprint density at radius 3 is 3.00 bits per heavy atom. The van der Waals surface area contributed by atoms with Crippen molar-refractivity contribution >= 4 is 12.2 Å². The molecule has 0 unspecified atom stereocenters. The van der Waals surface area contributed by atoms with Crippen LogP contribution in [-0.4, -0.2) is 18.9 Å². The van der Waals surface area contributed by atoms with Crippen LogP contribution < -0.4 is 15.9 Å². The third-order valence-corrected chi connectivity index (χ3v) is 2.05. The molecule has 0 atom stereocenters. The lowest BCUT2D eigenvalue weighted by atomic mass is 10.2. The molecule has 5 heteroatoms. The third-order valence-electron chi connectivity index (χ3n) is 2.05. The third kappa shape index (κ3) is 5.01. The largest absolute Gasteiger partial charge is 0.493 e. The molecule has 0 spiro atoms. The van der Waals surface area contributed by atoms with E-state index in [1.807, 2.05) is 24.3 Å². The second kappa shape index (κ2) is 7.27. The highest BCUT2D eigenvalue weighted by Crippen LogP contribution is 2.16. The molecule has 0 aliphatic rings. The van der Waals surface area contributed by atoms with Gasteiger partial charge >= 0.3 is 6.03 Å². The molecule has 3 N–H and O–H groups in total. The van der Waals surface area contributed by atoms with E-state index >= 15 is 0 Å². The zero-order valence-corrected chi connectivity index (χ0v) is 9.85. The van der Waals surface area contributed by atoms with Gasteiger partial charge in [0, 0.05) is 5.56 Å². The van der Waals surface area contributed by atoms with Gasteiger partial charge in [0.15, 0.2) is 0 Å². The topological polar surface area (TPSA) is 76.7 Å². The Hall–Kier alpha value is -2.04. The van der Waals surface area contributed by atoms with Crippen LogP contribution in [0.2, 0.25) is 0 Å². The van der Waals surface area contributed by atoms with Crippen LogP contribution in [0.25, 0.3) is 0 Å². The first-order valence-corrected chi connectivity index (χ1v) is 5.54. The first-order chi connectivity index (χ1) is 8.24. The van der Waals surface area contributed by atoms with Gasteiger partial charge < -0.3 is 10.5 Å². The molecule has 0 aliphatic carbocycles. The van der Waals surface area contributed by atoms with Crippen LogP contribution in [0.4, 0.5) is 4.79 Å². The Labute approximate surface area is 101 Å². The highest BCUT2D eigenvalue weighted by molar-refractivity contribution is 5.84. The molecular formula is C12H17N3O2. The van der Waals surface area contributed by atoms with E-state index < -0.39 is 6.03 Å². The first-order valence-electron chi connectivity index (χ1n) is 5.54. The maximum Gasteiger partial charge on any atom is 0.332 e. The van der Waals surface area contributed by atoms with Gasteiger partial charge in [-0.3, -0.25) is 0 Å². The molecule has 92 valence electrons. The number of primary amides is 1. The van der Waals surface area contributed by atoms with Crippen molar-refractivity contribution in [2.24, 2.45) is 10.8 Å². The van der Waals surface area contributed by atoms with E-state index in [9.17, 15) is 4.79 Å². The number of ether oxygens (including phenoxy) is 1. The van der Waals surface area contributed by atoms with E-state index in [2.05, 4.69) is 17.5 Å².